The maximum atomic E-state index is 5.30. The van der Waals surface area contributed by atoms with Gasteiger partial charge in [-0.15, -0.1) is 0 Å². The molecule has 0 bridgehead atoms. The number of aromatic nitrogens is 1. The standard InChI is InChI=1S/C25H30N2O/c1-18-5-10-25-22(13-18)14-23(17-26-12-11-19(2)15-26)27(25)16-20(3)21-6-8-24(28-4)9-7-21/h5-10,13-14,16,19H,11-12,15,17H2,1-4H3/b20-16+. The minimum atomic E-state index is 0.802. The Hall–Kier alpha value is -2.52. The van der Waals surface area contributed by atoms with Gasteiger partial charge in [0.05, 0.1) is 12.6 Å². The summed E-state index contributed by atoms with van der Waals surface area (Å²) in [6, 6.07) is 17.4. The maximum Gasteiger partial charge on any atom is 0.118 e. The highest BCUT2D eigenvalue weighted by Crippen LogP contribution is 2.27. The smallest absolute Gasteiger partial charge is 0.118 e. The molecule has 3 aromatic rings. The van der Waals surface area contributed by atoms with Crippen molar-refractivity contribution < 1.29 is 4.74 Å². The molecule has 3 heteroatoms. The minimum Gasteiger partial charge on any atom is -0.497 e. The van der Waals surface area contributed by atoms with Crippen LogP contribution < -0.4 is 4.74 Å². The van der Waals surface area contributed by atoms with E-state index < -0.39 is 0 Å². The highest BCUT2D eigenvalue weighted by molar-refractivity contribution is 5.87. The molecule has 28 heavy (non-hydrogen) atoms. The zero-order chi connectivity index (χ0) is 19.7. The highest BCUT2D eigenvalue weighted by atomic mass is 16.5. The SMILES string of the molecule is COc1ccc(/C(C)=C/n2c(CN3CCC(C)C3)cc3cc(C)ccc32)cc1. The van der Waals surface area contributed by atoms with E-state index in [9.17, 15) is 0 Å². The zero-order valence-corrected chi connectivity index (χ0v) is 17.4. The Morgan fingerprint density at radius 2 is 1.93 bits per heavy atom. The van der Waals surface area contributed by atoms with Crippen LogP contribution in [0.2, 0.25) is 0 Å². The van der Waals surface area contributed by atoms with Crippen molar-refractivity contribution in [3.05, 3.63) is 65.4 Å². The summed E-state index contributed by atoms with van der Waals surface area (Å²) in [6.45, 7) is 10.1. The van der Waals surface area contributed by atoms with Gasteiger partial charge < -0.3 is 9.30 Å². The van der Waals surface area contributed by atoms with Crippen LogP contribution in [0.15, 0.2) is 48.5 Å². The maximum absolute atomic E-state index is 5.30. The third-order valence-electron chi connectivity index (χ3n) is 5.84. The van der Waals surface area contributed by atoms with Crippen molar-refractivity contribution in [2.24, 2.45) is 5.92 Å². The van der Waals surface area contributed by atoms with Crippen molar-refractivity contribution in [1.82, 2.24) is 9.47 Å². The van der Waals surface area contributed by atoms with Gasteiger partial charge in [-0.05, 0) is 74.2 Å². The van der Waals surface area contributed by atoms with Crippen LogP contribution in [0.25, 0.3) is 22.7 Å². The van der Waals surface area contributed by atoms with E-state index >= 15 is 0 Å². The first-order valence-corrected chi connectivity index (χ1v) is 10.2. The Morgan fingerprint density at radius 1 is 1.14 bits per heavy atom. The lowest BCUT2D eigenvalue weighted by Crippen LogP contribution is -2.20. The second kappa shape index (κ2) is 7.84. The highest BCUT2D eigenvalue weighted by Gasteiger charge is 2.20. The Bertz CT molecular complexity index is 997. The third-order valence-corrected chi connectivity index (χ3v) is 5.84. The van der Waals surface area contributed by atoms with Gasteiger partial charge in [0.2, 0.25) is 0 Å². The molecule has 1 aromatic heterocycles. The van der Waals surface area contributed by atoms with E-state index in [1.54, 1.807) is 7.11 Å². The lowest BCUT2D eigenvalue weighted by atomic mass is 10.1. The molecule has 0 aliphatic carbocycles. The first kappa shape index (κ1) is 18.8. The normalized spacial score (nSPS) is 18.1. The van der Waals surface area contributed by atoms with Crippen LogP contribution in [0.1, 0.15) is 37.1 Å². The number of methoxy groups -OCH3 is 1. The van der Waals surface area contributed by atoms with Gasteiger partial charge in [-0.1, -0.05) is 30.7 Å². The van der Waals surface area contributed by atoms with Crippen molar-refractivity contribution in [2.45, 2.75) is 33.7 Å². The summed E-state index contributed by atoms with van der Waals surface area (Å²) < 4.78 is 7.68. The van der Waals surface area contributed by atoms with Gasteiger partial charge in [0.25, 0.3) is 0 Å². The molecule has 0 amide bonds. The average Bonchev–Trinajstić information content (AvgIpc) is 3.25. The summed E-state index contributed by atoms with van der Waals surface area (Å²) in [6.07, 6.45) is 3.59. The number of fused-ring (bicyclic) bond motifs is 1. The molecule has 146 valence electrons. The predicted octanol–water partition coefficient (Wildman–Crippen LogP) is 5.82. The van der Waals surface area contributed by atoms with Crippen LogP contribution >= 0.6 is 0 Å². The fourth-order valence-electron chi connectivity index (χ4n) is 4.21. The largest absolute Gasteiger partial charge is 0.497 e. The summed E-state index contributed by atoms with van der Waals surface area (Å²) in [5.74, 6) is 1.69. The Kier molecular flexibility index (Phi) is 5.27. The van der Waals surface area contributed by atoms with Crippen LogP contribution in [-0.4, -0.2) is 29.7 Å². The van der Waals surface area contributed by atoms with Crippen molar-refractivity contribution >= 4 is 22.7 Å². The molecule has 0 saturated carbocycles. The molecule has 2 heterocycles. The molecule has 0 spiro atoms. The molecule has 1 aliphatic heterocycles. The van der Waals surface area contributed by atoms with E-state index in [0.29, 0.717) is 0 Å². The van der Waals surface area contributed by atoms with E-state index in [-0.39, 0.29) is 0 Å². The molecule has 3 nitrogen and oxygen atoms in total. The van der Waals surface area contributed by atoms with Gasteiger partial charge in [-0.3, -0.25) is 4.90 Å². The zero-order valence-electron chi connectivity index (χ0n) is 17.4. The van der Waals surface area contributed by atoms with E-state index in [1.165, 1.54) is 52.8 Å². The number of likely N-dealkylation sites (tertiary alicyclic amines) is 1. The molecule has 1 unspecified atom stereocenters. The number of nitrogens with zero attached hydrogens (tertiary/aromatic N) is 2. The molecule has 1 aliphatic rings. The van der Waals surface area contributed by atoms with Crippen LogP contribution in [0.3, 0.4) is 0 Å². The van der Waals surface area contributed by atoms with Crippen LogP contribution in [0.4, 0.5) is 0 Å². The van der Waals surface area contributed by atoms with E-state index in [2.05, 4.69) is 72.8 Å². The minimum absolute atomic E-state index is 0.802. The lowest BCUT2D eigenvalue weighted by Gasteiger charge is -2.17. The topological polar surface area (TPSA) is 17.4 Å². The predicted molar refractivity (Wildman–Crippen MR) is 119 cm³/mol. The number of ether oxygens (including phenoxy) is 1. The van der Waals surface area contributed by atoms with Gasteiger partial charge >= 0.3 is 0 Å². The van der Waals surface area contributed by atoms with Gasteiger partial charge in [0, 0.05) is 30.4 Å². The number of hydrogen-bond donors (Lipinski definition) is 0. The molecule has 1 fully saturated rings. The monoisotopic (exact) mass is 374 g/mol. The average molecular weight is 375 g/mol. The van der Waals surface area contributed by atoms with Gasteiger partial charge in [-0.25, -0.2) is 0 Å². The van der Waals surface area contributed by atoms with Crippen molar-refractivity contribution in [1.29, 1.82) is 0 Å². The summed E-state index contributed by atoms with van der Waals surface area (Å²) in [4.78, 5) is 2.58. The molecule has 1 atom stereocenters. The van der Waals surface area contributed by atoms with Crippen LogP contribution in [0.5, 0.6) is 5.75 Å². The van der Waals surface area contributed by atoms with E-state index in [1.807, 2.05) is 12.1 Å². The van der Waals surface area contributed by atoms with Gasteiger partial charge in [0.1, 0.15) is 5.75 Å². The van der Waals surface area contributed by atoms with Crippen molar-refractivity contribution in [3.63, 3.8) is 0 Å². The van der Waals surface area contributed by atoms with E-state index in [4.69, 9.17) is 4.74 Å². The Balaban J connectivity index is 1.73. The second-order valence-corrected chi connectivity index (χ2v) is 8.24. The first-order chi connectivity index (χ1) is 13.5. The summed E-state index contributed by atoms with van der Waals surface area (Å²) in [5.41, 5.74) is 6.41. The quantitative estimate of drug-likeness (QED) is 0.560. The number of benzene rings is 2. The van der Waals surface area contributed by atoms with Crippen LogP contribution in [0, 0.1) is 12.8 Å². The number of rotatable bonds is 5. The number of allylic oxidation sites excluding steroid dienone is 1. The molecule has 2 aromatic carbocycles. The molecule has 0 N–H and O–H groups in total. The van der Waals surface area contributed by atoms with E-state index in [0.717, 1.165) is 18.2 Å². The number of aryl methyl sites for hydroxylation is 1. The summed E-state index contributed by atoms with van der Waals surface area (Å²) in [5, 5.41) is 1.32. The van der Waals surface area contributed by atoms with Crippen molar-refractivity contribution in [3.8, 4) is 5.75 Å². The fraction of sp³-hybridized carbons (Fsp3) is 0.360. The summed E-state index contributed by atoms with van der Waals surface area (Å²) >= 11 is 0. The number of hydrogen-bond acceptors (Lipinski definition) is 2. The van der Waals surface area contributed by atoms with Gasteiger partial charge in [-0.2, -0.15) is 0 Å². The van der Waals surface area contributed by atoms with Gasteiger partial charge in [0.15, 0.2) is 0 Å². The molecular weight excluding hydrogens is 344 g/mol. The van der Waals surface area contributed by atoms with Crippen LogP contribution in [-0.2, 0) is 6.54 Å². The summed E-state index contributed by atoms with van der Waals surface area (Å²) in [7, 11) is 1.71. The first-order valence-electron chi connectivity index (χ1n) is 10.2. The fourth-order valence-corrected chi connectivity index (χ4v) is 4.21. The molecule has 0 radical (unpaired) electrons. The molecule has 1 saturated heterocycles. The second-order valence-electron chi connectivity index (χ2n) is 8.24. The Morgan fingerprint density at radius 3 is 2.61 bits per heavy atom. The van der Waals surface area contributed by atoms with Crippen molar-refractivity contribution in [2.75, 3.05) is 20.2 Å². The lowest BCUT2D eigenvalue weighted by molar-refractivity contribution is 0.315. The Labute approximate surface area is 168 Å². The molecule has 4 rings (SSSR count). The third kappa shape index (κ3) is 3.85. The molecular formula is C25H30N2O.